The van der Waals surface area contributed by atoms with Crippen LogP contribution in [0.5, 0.6) is 0 Å². The van der Waals surface area contributed by atoms with E-state index in [1.807, 2.05) is 12.3 Å². The lowest BCUT2D eigenvalue weighted by Crippen LogP contribution is -2.40. The number of aromatic nitrogens is 2. The maximum Gasteiger partial charge on any atom is 0.246 e. The number of hydrogen-bond donors (Lipinski definition) is 1. The van der Waals surface area contributed by atoms with E-state index in [-0.39, 0.29) is 24.7 Å². The molecule has 2 aromatic rings. The van der Waals surface area contributed by atoms with Crippen LogP contribution in [0.15, 0.2) is 30.6 Å². The average Bonchev–Trinajstić information content (AvgIpc) is 3.32. The van der Waals surface area contributed by atoms with Crippen LogP contribution in [0, 0.1) is 0 Å². The third kappa shape index (κ3) is 4.07. The Morgan fingerprint density at radius 1 is 1.27 bits per heavy atom. The zero-order valence-electron chi connectivity index (χ0n) is 15.1. The minimum atomic E-state index is -0.0143. The molecule has 3 heterocycles. The van der Waals surface area contributed by atoms with Gasteiger partial charge in [-0.1, -0.05) is 0 Å². The summed E-state index contributed by atoms with van der Waals surface area (Å²) < 4.78 is 13.3. The second-order valence-corrected chi connectivity index (χ2v) is 7.36. The van der Waals surface area contributed by atoms with E-state index < -0.39 is 0 Å². The summed E-state index contributed by atoms with van der Waals surface area (Å²) >= 11 is 0. The van der Waals surface area contributed by atoms with Crippen molar-refractivity contribution in [2.24, 2.45) is 0 Å². The summed E-state index contributed by atoms with van der Waals surface area (Å²) in [4.78, 5) is 16.6. The van der Waals surface area contributed by atoms with Crippen molar-refractivity contribution in [2.75, 3.05) is 19.8 Å². The largest absolute Gasteiger partial charge is 0.376 e. The summed E-state index contributed by atoms with van der Waals surface area (Å²) in [5, 5.41) is 4.30. The van der Waals surface area contributed by atoms with Gasteiger partial charge in [0.1, 0.15) is 12.3 Å². The van der Waals surface area contributed by atoms with E-state index in [0.29, 0.717) is 12.6 Å². The lowest BCUT2D eigenvalue weighted by atomic mass is 9.91. The van der Waals surface area contributed by atoms with Crippen LogP contribution in [0.25, 0.3) is 11.0 Å². The van der Waals surface area contributed by atoms with Crippen LogP contribution >= 0.6 is 0 Å². The molecule has 1 aliphatic carbocycles. The molecule has 1 saturated heterocycles. The van der Waals surface area contributed by atoms with Crippen LogP contribution in [0.2, 0.25) is 0 Å². The molecule has 4 rings (SSSR count). The standard InChI is InChI=1S/C20H27N3O3/c24-19(14-25-13-18-4-2-12-26-18)22-16-5-7-17(8-6-16)23-11-9-15-3-1-10-21-20(15)23/h1,3,9-11,16-18H,2,4-8,12-14H2,(H,22,24). The van der Waals surface area contributed by atoms with Gasteiger partial charge in [0, 0.05) is 36.5 Å². The van der Waals surface area contributed by atoms with E-state index >= 15 is 0 Å². The number of nitrogens with zero attached hydrogens (tertiary/aromatic N) is 2. The maximum atomic E-state index is 12.1. The van der Waals surface area contributed by atoms with Gasteiger partial charge in [-0.3, -0.25) is 4.79 Å². The van der Waals surface area contributed by atoms with Crippen molar-refractivity contribution in [2.45, 2.75) is 56.7 Å². The molecule has 26 heavy (non-hydrogen) atoms. The molecule has 1 atom stereocenters. The second kappa shape index (κ2) is 8.18. The van der Waals surface area contributed by atoms with Crippen LogP contribution in [-0.2, 0) is 14.3 Å². The van der Waals surface area contributed by atoms with E-state index in [1.54, 1.807) is 0 Å². The van der Waals surface area contributed by atoms with Crippen LogP contribution in [0.1, 0.15) is 44.6 Å². The molecule has 2 fully saturated rings. The highest BCUT2D eigenvalue weighted by atomic mass is 16.5. The molecule has 0 spiro atoms. The fourth-order valence-corrected chi connectivity index (χ4v) is 4.11. The zero-order valence-corrected chi connectivity index (χ0v) is 15.1. The molecule has 0 radical (unpaired) electrons. The minimum absolute atomic E-state index is 0.0143. The maximum absolute atomic E-state index is 12.1. The summed E-state index contributed by atoms with van der Waals surface area (Å²) in [7, 11) is 0. The molecule has 1 N–H and O–H groups in total. The van der Waals surface area contributed by atoms with Crippen molar-refractivity contribution in [3.8, 4) is 0 Å². The molecular formula is C20H27N3O3. The van der Waals surface area contributed by atoms with Gasteiger partial charge in [0.25, 0.3) is 0 Å². The second-order valence-electron chi connectivity index (χ2n) is 7.36. The van der Waals surface area contributed by atoms with Crippen molar-refractivity contribution < 1.29 is 14.3 Å². The van der Waals surface area contributed by atoms with Crippen molar-refractivity contribution >= 4 is 16.9 Å². The van der Waals surface area contributed by atoms with Gasteiger partial charge in [-0.15, -0.1) is 0 Å². The van der Waals surface area contributed by atoms with E-state index in [4.69, 9.17) is 9.47 Å². The molecule has 140 valence electrons. The minimum Gasteiger partial charge on any atom is -0.376 e. The van der Waals surface area contributed by atoms with Gasteiger partial charge in [0.05, 0.1) is 12.7 Å². The first-order valence-corrected chi connectivity index (χ1v) is 9.70. The lowest BCUT2D eigenvalue weighted by Gasteiger charge is -2.30. The van der Waals surface area contributed by atoms with E-state index in [9.17, 15) is 4.79 Å². The van der Waals surface area contributed by atoms with E-state index in [1.165, 1.54) is 5.39 Å². The SMILES string of the molecule is O=C(COCC1CCCO1)NC1CCC(n2ccc3cccnc32)CC1. The zero-order chi connectivity index (χ0) is 17.8. The molecule has 0 aromatic carbocycles. The van der Waals surface area contributed by atoms with Gasteiger partial charge in [-0.05, 0) is 56.7 Å². The quantitative estimate of drug-likeness (QED) is 0.863. The Bertz CT molecular complexity index is 731. The van der Waals surface area contributed by atoms with Gasteiger partial charge < -0.3 is 19.4 Å². The predicted octanol–water partition coefficient (Wildman–Crippen LogP) is 2.83. The number of hydrogen-bond acceptors (Lipinski definition) is 4. The molecule has 0 bridgehead atoms. The molecule has 1 amide bonds. The molecule has 2 aromatic heterocycles. The van der Waals surface area contributed by atoms with Gasteiger partial charge in [-0.25, -0.2) is 4.98 Å². The van der Waals surface area contributed by atoms with Crippen molar-refractivity contribution in [3.63, 3.8) is 0 Å². The molecule has 1 aliphatic heterocycles. The van der Waals surface area contributed by atoms with Crippen LogP contribution in [0.4, 0.5) is 0 Å². The summed E-state index contributed by atoms with van der Waals surface area (Å²) in [6.07, 6.45) is 10.4. The highest BCUT2D eigenvalue weighted by Gasteiger charge is 2.24. The fraction of sp³-hybridized carbons (Fsp3) is 0.600. The third-order valence-corrected chi connectivity index (χ3v) is 5.49. The highest BCUT2D eigenvalue weighted by molar-refractivity contribution is 5.77. The van der Waals surface area contributed by atoms with Crippen molar-refractivity contribution in [1.29, 1.82) is 0 Å². The Balaban J connectivity index is 1.21. The van der Waals surface area contributed by atoms with Crippen molar-refractivity contribution in [1.82, 2.24) is 14.9 Å². The smallest absolute Gasteiger partial charge is 0.246 e. The summed E-state index contributed by atoms with van der Waals surface area (Å²) in [5.41, 5.74) is 1.06. The number of fused-ring (bicyclic) bond motifs is 1. The molecule has 1 unspecified atom stereocenters. The lowest BCUT2D eigenvalue weighted by molar-refractivity contribution is -0.127. The molecular weight excluding hydrogens is 330 g/mol. The number of carbonyl (C=O) groups excluding carboxylic acids is 1. The first kappa shape index (κ1) is 17.5. The monoisotopic (exact) mass is 357 g/mol. The highest BCUT2D eigenvalue weighted by Crippen LogP contribution is 2.31. The van der Waals surface area contributed by atoms with Crippen LogP contribution in [0.3, 0.4) is 0 Å². The third-order valence-electron chi connectivity index (χ3n) is 5.49. The van der Waals surface area contributed by atoms with Crippen LogP contribution < -0.4 is 5.32 Å². The summed E-state index contributed by atoms with van der Waals surface area (Å²) in [6.45, 7) is 1.47. The Morgan fingerprint density at radius 2 is 2.15 bits per heavy atom. The predicted molar refractivity (Wildman–Crippen MR) is 99.0 cm³/mol. The average molecular weight is 357 g/mol. The topological polar surface area (TPSA) is 65.4 Å². The molecule has 1 saturated carbocycles. The van der Waals surface area contributed by atoms with Crippen LogP contribution in [-0.4, -0.2) is 47.4 Å². The fourth-order valence-electron chi connectivity index (χ4n) is 4.11. The van der Waals surface area contributed by atoms with Gasteiger partial charge in [0.2, 0.25) is 5.91 Å². The molecule has 6 heteroatoms. The Morgan fingerprint density at radius 3 is 2.96 bits per heavy atom. The summed E-state index contributed by atoms with van der Waals surface area (Å²) in [5.74, 6) is -0.0143. The number of amides is 1. The van der Waals surface area contributed by atoms with Gasteiger partial charge in [0.15, 0.2) is 0 Å². The first-order valence-electron chi connectivity index (χ1n) is 9.70. The van der Waals surface area contributed by atoms with Gasteiger partial charge >= 0.3 is 0 Å². The normalized spacial score (nSPS) is 26.2. The summed E-state index contributed by atoms with van der Waals surface area (Å²) in [6, 6.07) is 6.91. The number of nitrogens with one attached hydrogen (secondary N) is 1. The number of carbonyl (C=O) groups is 1. The Kier molecular flexibility index (Phi) is 5.51. The number of pyridine rings is 1. The van der Waals surface area contributed by atoms with E-state index in [2.05, 4.69) is 33.2 Å². The number of rotatable bonds is 6. The van der Waals surface area contributed by atoms with Crippen molar-refractivity contribution in [3.05, 3.63) is 30.6 Å². The first-order chi connectivity index (χ1) is 12.8. The Labute approximate surface area is 153 Å². The number of ether oxygens (including phenoxy) is 2. The Hall–Kier alpha value is -1.92. The molecule has 6 nitrogen and oxygen atoms in total. The molecule has 2 aliphatic rings. The van der Waals surface area contributed by atoms with Gasteiger partial charge in [-0.2, -0.15) is 0 Å². The van der Waals surface area contributed by atoms with E-state index in [0.717, 1.165) is 50.8 Å².